The van der Waals surface area contributed by atoms with Crippen molar-refractivity contribution in [2.24, 2.45) is 0 Å². The summed E-state index contributed by atoms with van der Waals surface area (Å²) >= 11 is 5.91. The number of halogens is 1. The molecule has 144 valence electrons. The molecule has 0 saturated heterocycles. The molecule has 0 radical (unpaired) electrons. The molecule has 0 aliphatic rings. The quantitative estimate of drug-likeness (QED) is 0.545. The number of carboxylic acid groups (broad SMARTS) is 1. The van der Waals surface area contributed by atoms with E-state index >= 15 is 0 Å². The van der Waals surface area contributed by atoms with Crippen LogP contribution in [0.3, 0.4) is 0 Å². The number of H-pyrrole nitrogens is 1. The summed E-state index contributed by atoms with van der Waals surface area (Å²) in [6, 6.07) is 16.8. The summed E-state index contributed by atoms with van der Waals surface area (Å²) in [6.07, 6.45) is 1.61. The first-order valence-electron chi connectivity index (χ1n) is 8.63. The Morgan fingerprint density at radius 1 is 1.07 bits per heavy atom. The van der Waals surface area contributed by atoms with E-state index in [1.165, 1.54) is 16.8 Å². The summed E-state index contributed by atoms with van der Waals surface area (Å²) in [5.41, 5.74) is 1.20. The van der Waals surface area contributed by atoms with Gasteiger partial charge in [-0.2, -0.15) is 0 Å². The summed E-state index contributed by atoms with van der Waals surface area (Å²) in [5.74, 6) is 0.125. The van der Waals surface area contributed by atoms with Crippen LogP contribution >= 0.6 is 11.6 Å². The van der Waals surface area contributed by atoms with Crippen LogP contribution in [0.2, 0.25) is 5.02 Å². The predicted molar refractivity (Wildman–Crippen MR) is 111 cm³/mol. The molecule has 0 bridgehead atoms. The Hall–Kier alpha value is -3.77. The van der Waals surface area contributed by atoms with Crippen LogP contribution in [-0.4, -0.2) is 20.9 Å². The molecule has 0 atom stereocenters. The highest BCUT2D eigenvalue weighted by molar-refractivity contribution is 6.30. The normalized spacial score (nSPS) is 11.7. The van der Waals surface area contributed by atoms with Gasteiger partial charge in [0.05, 0.1) is 21.8 Å². The Bertz CT molecular complexity index is 1360. The maximum atomic E-state index is 12.8. The molecule has 0 unspecified atom stereocenters. The first kappa shape index (κ1) is 18.6. The minimum absolute atomic E-state index is 0.139. The largest absolute Gasteiger partial charge is 0.478 e. The zero-order chi connectivity index (χ0) is 20.5. The monoisotopic (exact) mass is 406 g/mol. The standard InChI is InChI=1S/C22H15ClN2O4/c1-13-19(12-18-10-11-20(29-18)14-2-6-16(23)7-3-14)21(26)25(24-13)17-8-4-15(5-9-17)22(27)28/h2-12,24H,1H2,(H,27,28)/b19-12-. The van der Waals surface area contributed by atoms with Crippen molar-refractivity contribution >= 4 is 30.2 Å². The van der Waals surface area contributed by atoms with Crippen molar-refractivity contribution in [3.8, 4) is 17.0 Å². The fourth-order valence-electron chi connectivity index (χ4n) is 2.92. The first-order valence-corrected chi connectivity index (χ1v) is 9.01. The highest BCUT2D eigenvalue weighted by atomic mass is 35.5. The van der Waals surface area contributed by atoms with Gasteiger partial charge in [0, 0.05) is 10.6 Å². The number of carbonyl (C=O) groups is 1. The Morgan fingerprint density at radius 2 is 1.76 bits per heavy atom. The minimum atomic E-state index is -1.03. The lowest BCUT2D eigenvalue weighted by atomic mass is 10.2. The van der Waals surface area contributed by atoms with Crippen molar-refractivity contribution < 1.29 is 14.3 Å². The molecule has 4 rings (SSSR count). The lowest BCUT2D eigenvalue weighted by molar-refractivity contribution is 0.0697. The van der Waals surface area contributed by atoms with E-state index in [0.29, 0.717) is 32.8 Å². The first-order chi connectivity index (χ1) is 13.9. The van der Waals surface area contributed by atoms with Crippen LogP contribution < -0.4 is 16.1 Å². The average Bonchev–Trinajstić information content (AvgIpc) is 3.29. The van der Waals surface area contributed by atoms with E-state index in [-0.39, 0.29) is 11.1 Å². The molecule has 4 aromatic rings. The molecular weight excluding hydrogens is 392 g/mol. The Kier molecular flexibility index (Phi) is 4.70. The molecule has 0 aliphatic carbocycles. The van der Waals surface area contributed by atoms with Crippen LogP contribution in [0.4, 0.5) is 0 Å². The smallest absolute Gasteiger partial charge is 0.335 e. The SMILES string of the molecule is C=c1[nH]n(-c2ccc(C(=O)O)cc2)c(=O)/c1=C\c1ccc(-c2ccc(Cl)cc2)o1. The lowest BCUT2D eigenvalue weighted by Crippen LogP contribution is -2.33. The van der Waals surface area contributed by atoms with Gasteiger partial charge >= 0.3 is 5.97 Å². The number of rotatable bonds is 4. The van der Waals surface area contributed by atoms with E-state index in [9.17, 15) is 9.59 Å². The van der Waals surface area contributed by atoms with Gasteiger partial charge in [0.1, 0.15) is 11.5 Å². The number of aromatic nitrogens is 2. The molecule has 0 fully saturated rings. The van der Waals surface area contributed by atoms with Crippen molar-refractivity contribution in [3.05, 3.63) is 97.9 Å². The Labute approximate surface area is 169 Å². The van der Waals surface area contributed by atoms with Crippen molar-refractivity contribution in [3.63, 3.8) is 0 Å². The third kappa shape index (κ3) is 3.66. The summed E-state index contributed by atoms with van der Waals surface area (Å²) in [5, 5.41) is 13.3. The molecule has 0 amide bonds. The van der Waals surface area contributed by atoms with E-state index in [1.807, 2.05) is 18.2 Å². The second kappa shape index (κ2) is 7.33. The van der Waals surface area contributed by atoms with Crippen molar-refractivity contribution in [1.82, 2.24) is 9.78 Å². The zero-order valence-corrected chi connectivity index (χ0v) is 15.8. The second-order valence-corrected chi connectivity index (χ2v) is 6.79. The van der Waals surface area contributed by atoms with Crippen molar-refractivity contribution in [2.75, 3.05) is 0 Å². The van der Waals surface area contributed by atoms with Crippen LogP contribution in [0, 0.1) is 0 Å². The maximum absolute atomic E-state index is 12.8. The van der Waals surface area contributed by atoms with E-state index in [1.54, 1.807) is 36.4 Å². The van der Waals surface area contributed by atoms with Gasteiger partial charge in [-0.25, -0.2) is 9.48 Å². The van der Waals surface area contributed by atoms with Crippen molar-refractivity contribution in [2.45, 2.75) is 0 Å². The lowest BCUT2D eigenvalue weighted by Gasteiger charge is -2.01. The number of furan rings is 1. The highest BCUT2D eigenvalue weighted by Crippen LogP contribution is 2.23. The van der Waals surface area contributed by atoms with E-state index < -0.39 is 5.97 Å². The number of hydrogen-bond donors (Lipinski definition) is 2. The third-order valence-electron chi connectivity index (χ3n) is 4.42. The Morgan fingerprint density at radius 3 is 2.41 bits per heavy atom. The van der Waals surface area contributed by atoms with Gasteiger partial charge in [0.2, 0.25) is 0 Å². The molecule has 0 spiro atoms. The molecule has 2 aromatic carbocycles. The molecule has 2 N–H and O–H groups in total. The number of benzene rings is 2. The fraction of sp³-hybridized carbons (Fsp3) is 0. The van der Waals surface area contributed by atoms with Crippen LogP contribution in [0.1, 0.15) is 16.1 Å². The van der Waals surface area contributed by atoms with Crippen LogP contribution in [-0.2, 0) is 0 Å². The summed E-state index contributed by atoms with van der Waals surface area (Å²) in [7, 11) is 0. The number of aromatic amines is 1. The van der Waals surface area contributed by atoms with Gasteiger partial charge in [-0.1, -0.05) is 18.2 Å². The number of carboxylic acids is 1. The molecule has 0 saturated carbocycles. The van der Waals surface area contributed by atoms with Gasteiger partial charge in [0.25, 0.3) is 5.56 Å². The fourth-order valence-corrected chi connectivity index (χ4v) is 3.05. The zero-order valence-electron chi connectivity index (χ0n) is 15.1. The van der Waals surface area contributed by atoms with Gasteiger partial charge in [0.15, 0.2) is 0 Å². The van der Waals surface area contributed by atoms with Gasteiger partial charge < -0.3 is 9.52 Å². The van der Waals surface area contributed by atoms with E-state index in [0.717, 1.165) is 5.56 Å². The second-order valence-electron chi connectivity index (χ2n) is 6.35. The van der Waals surface area contributed by atoms with Gasteiger partial charge in [-0.15, -0.1) is 0 Å². The molecule has 0 aliphatic heterocycles. The molecule has 2 aromatic heterocycles. The van der Waals surface area contributed by atoms with E-state index in [4.69, 9.17) is 21.1 Å². The molecule has 7 heteroatoms. The summed E-state index contributed by atoms with van der Waals surface area (Å²) in [6.45, 7) is 3.89. The number of hydrogen-bond acceptors (Lipinski definition) is 3. The van der Waals surface area contributed by atoms with Gasteiger partial charge in [-0.3, -0.25) is 9.89 Å². The van der Waals surface area contributed by atoms with Crippen LogP contribution in [0.25, 0.3) is 29.7 Å². The van der Waals surface area contributed by atoms with Crippen molar-refractivity contribution in [1.29, 1.82) is 0 Å². The van der Waals surface area contributed by atoms with Gasteiger partial charge in [-0.05, 0) is 66.7 Å². The summed E-state index contributed by atoms with van der Waals surface area (Å²) in [4.78, 5) is 23.8. The molecule has 2 heterocycles. The molecule has 6 nitrogen and oxygen atoms in total. The highest BCUT2D eigenvalue weighted by Gasteiger charge is 2.08. The Balaban J connectivity index is 1.72. The topological polar surface area (TPSA) is 88.2 Å². The van der Waals surface area contributed by atoms with E-state index in [2.05, 4.69) is 11.7 Å². The average molecular weight is 407 g/mol. The molecule has 29 heavy (non-hydrogen) atoms. The molecular formula is C22H15ClN2O4. The number of nitrogens with one attached hydrogen (secondary N) is 1. The maximum Gasteiger partial charge on any atom is 0.335 e. The predicted octanol–water partition coefficient (Wildman–Crippen LogP) is 3.02. The summed E-state index contributed by atoms with van der Waals surface area (Å²) < 4.78 is 7.14. The van der Waals surface area contributed by atoms with Crippen LogP contribution in [0.15, 0.2) is 69.9 Å². The van der Waals surface area contributed by atoms with Crippen LogP contribution in [0.5, 0.6) is 0 Å². The number of aromatic carboxylic acids is 1. The number of nitrogens with zero attached hydrogens (tertiary/aromatic N) is 1. The minimum Gasteiger partial charge on any atom is -0.478 e. The third-order valence-corrected chi connectivity index (χ3v) is 4.67.